The van der Waals surface area contributed by atoms with Gasteiger partial charge >= 0.3 is 5.97 Å². The van der Waals surface area contributed by atoms with Crippen molar-refractivity contribution in [2.45, 2.75) is 6.92 Å². The molecule has 58 valence electrons. The van der Waals surface area contributed by atoms with Crippen molar-refractivity contribution in [1.82, 2.24) is 0 Å². The molecule has 3 nitrogen and oxygen atoms in total. The first-order valence-corrected chi connectivity index (χ1v) is 3.14. The van der Waals surface area contributed by atoms with Crippen molar-refractivity contribution >= 4 is 12.0 Å². The first-order valence-electron chi connectivity index (χ1n) is 3.14. The maximum Gasteiger partial charge on any atom is 0.328 e. The summed E-state index contributed by atoms with van der Waals surface area (Å²) in [6.45, 7) is 1.88. The predicted octanol–water partition coefficient (Wildman–Crippen LogP) is 1.69. The van der Waals surface area contributed by atoms with Crippen molar-refractivity contribution in [3.63, 3.8) is 0 Å². The minimum Gasteiger partial charge on any atom is -0.478 e. The van der Waals surface area contributed by atoms with Crippen LogP contribution in [0.15, 0.2) is 22.8 Å². The van der Waals surface area contributed by atoms with E-state index in [-0.39, 0.29) is 0 Å². The number of carbonyl (C=O) groups is 1. The fourth-order valence-corrected chi connectivity index (χ4v) is 0.694. The van der Waals surface area contributed by atoms with Crippen LogP contribution in [-0.4, -0.2) is 11.1 Å². The van der Waals surface area contributed by atoms with Crippen LogP contribution in [0.5, 0.6) is 0 Å². The topological polar surface area (TPSA) is 50.4 Å². The van der Waals surface area contributed by atoms with Gasteiger partial charge in [-0.3, -0.25) is 0 Å². The van der Waals surface area contributed by atoms with Gasteiger partial charge in [-0.25, -0.2) is 4.79 Å². The molecule has 0 aliphatic rings. The van der Waals surface area contributed by atoms with Gasteiger partial charge in [-0.2, -0.15) is 0 Å². The van der Waals surface area contributed by atoms with E-state index in [1.54, 1.807) is 12.3 Å². The van der Waals surface area contributed by atoms with Crippen molar-refractivity contribution in [2.75, 3.05) is 0 Å². The SMILES string of the molecule is Cc1coc(/C=C/C(=O)O)c1. The molecule has 0 aliphatic carbocycles. The standard InChI is InChI=1S/C8H8O3/c1-6-4-7(11-5-6)2-3-8(9)10/h2-5H,1H3,(H,9,10)/b3-2+. The quantitative estimate of drug-likeness (QED) is 0.656. The van der Waals surface area contributed by atoms with Gasteiger partial charge in [-0.05, 0) is 24.6 Å². The summed E-state index contributed by atoms with van der Waals surface area (Å²) in [6.07, 6.45) is 4.02. The average molecular weight is 152 g/mol. The molecule has 1 heterocycles. The summed E-state index contributed by atoms with van der Waals surface area (Å²) in [5.74, 6) is -0.413. The normalized spacial score (nSPS) is 10.6. The Morgan fingerprint density at radius 3 is 2.91 bits per heavy atom. The van der Waals surface area contributed by atoms with Crippen molar-refractivity contribution in [2.24, 2.45) is 0 Å². The van der Waals surface area contributed by atoms with E-state index in [1.165, 1.54) is 6.08 Å². The van der Waals surface area contributed by atoms with Crippen LogP contribution in [0.2, 0.25) is 0 Å². The van der Waals surface area contributed by atoms with E-state index in [0.29, 0.717) is 5.76 Å². The second kappa shape index (κ2) is 3.05. The summed E-state index contributed by atoms with van der Waals surface area (Å²) in [4.78, 5) is 10.1. The van der Waals surface area contributed by atoms with Gasteiger partial charge in [0.25, 0.3) is 0 Å². The summed E-state index contributed by atoms with van der Waals surface area (Å²) in [6, 6.07) is 1.76. The highest BCUT2D eigenvalue weighted by Crippen LogP contribution is 2.07. The fourth-order valence-electron chi connectivity index (χ4n) is 0.694. The second-order valence-corrected chi connectivity index (χ2v) is 2.20. The summed E-state index contributed by atoms with van der Waals surface area (Å²) in [5, 5.41) is 8.25. The second-order valence-electron chi connectivity index (χ2n) is 2.20. The summed E-state index contributed by atoms with van der Waals surface area (Å²) >= 11 is 0. The zero-order valence-corrected chi connectivity index (χ0v) is 6.07. The third-order valence-corrected chi connectivity index (χ3v) is 1.14. The Morgan fingerprint density at radius 2 is 2.45 bits per heavy atom. The average Bonchev–Trinajstić information content (AvgIpc) is 2.31. The lowest BCUT2D eigenvalue weighted by Gasteiger charge is -1.79. The number of aryl methyl sites for hydroxylation is 1. The van der Waals surface area contributed by atoms with Gasteiger partial charge in [-0.15, -0.1) is 0 Å². The van der Waals surface area contributed by atoms with E-state index >= 15 is 0 Å². The molecule has 0 aromatic carbocycles. The van der Waals surface area contributed by atoms with Gasteiger partial charge in [0, 0.05) is 6.08 Å². The van der Waals surface area contributed by atoms with Crippen molar-refractivity contribution in [3.05, 3.63) is 29.7 Å². The zero-order valence-electron chi connectivity index (χ0n) is 6.07. The molecule has 1 aromatic rings. The van der Waals surface area contributed by atoms with Crippen LogP contribution in [0.3, 0.4) is 0 Å². The fraction of sp³-hybridized carbons (Fsp3) is 0.125. The summed E-state index contributed by atoms with van der Waals surface area (Å²) < 4.78 is 4.96. The van der Waals surface area contributed by atoms with Crippen LogP contribution < -0.4 is 0 Å². The lowest BCUT2D eigenvalue weighted by Crippen LogP contribution is -1.84. The Bertz CT molecular complexity index is 283. The first-order chi connectivity index (χ1) is 5.18. The van der Waals surface area contributed by atoms with Gasteiger partial charge in [0.2, 0.25) is 0 Å². The molecule has 3 heteroatoms. The maximum atomic E-state index is 10.1. The molecule has 0 spiro atoms. The number of hydrogen-bond donors (Lipinski definition) is 1. The molecule has 0 bridgehead atoms. The summed E-state index contributed by atoms with van der Waals surface area (Å²) in [7, 11) is 0. The maximum absolute atomic E-state index is 10.1. The van der Waals surface area contributed by atoms with E-state index in [9.17, 15) is 4.79 Å². The van der Waals surface area contributed by atoms with E-state index < -0.39 is 5.97 Å². The van der Waals surface area contributed by atoms with Crippen LogP contribution in [0, 0.1) is 6.92 Å². The van der Waals surface area contributed by atoms with Gasteiger partial charge in [0.15, 0.2) is 0 Å². The third kappa shape index (κ3) is 2.29. The summed E-state index contributed by atoms with van der Waals surface area (Å²) in [5.41, 5.74) is 0.982. The highest BCUT2D eigenvalue weighted by molar-refractivity contribution is 5.84. The molecular formula is C8H8O3. The van der Waals surface area contributed by atoms with Crippen molar-refractivity contribution < 1.29 is 14.3 Å². The molecular weight excluding hydrogens is 144 g/mol. The number of aliphatic carboxylic acids is 1. The third-order valence-electron chi connectivity index (χ3n) is 1.14. The Kier molecular flexibility index (Phi) is 2.11. The van der Waals surface area contributed by atoms with Crippen LogP contribution in [-0.2, 0) is 4.79 Å². The van der Waals surface area contributed by atoms with Gasteiger partial charge in [-0.1, -0.05) is 0 Å². The van der Waals surface area contributed by atoms with Crippen molar-refractivity contribution in [3.8, 4) is 0 Å². The minimum absolute atomic E-state index is 0.560. The predicted molar refractivity (Wildman–Crippen MR) is 40.1 cm³/mol. The van der Waals surface area contributed by atoms with Crippen molar-refractivity contribution in [1.29, 1.82) is 0 Å². The number of furan rings is 1. The molecule has 0 saturated carbocycles. The highest BCUT2D eigenvalue weighted by atomic mass is 16.4. The molecule has 1 N–H and O–H groups in total. The van der Waals surface area contributed by atoms with E-state index in [0.717, 1.165) is 11.6 Å². The molecule has 0 aliphatic heterocycles. The van der Waals surface area contributed by atoms with Gasteiger partial charge < -0.3 is 9.52 Å². The minimum atomic E-state index is -0.973. The van der Waals surface area contributed by atoms with Crippen LogP contribution in [0.1, 0.15) is 11.3 Å². The van der Waals surface area contributed by atoms with Gasteiger partial charge in [0.05, 0.1) is 6.26 Å². The van der Waals surface area contributed by atoms with Gasteiger partial charge in [0.1, 0.15) is 5.76 Å². The number of carboxylic acid groups (broad SMARTS) is 1. The smallest absolute Gasteiger partial charge is 0.328 e. The highest BCUT2D eigenvalue weighted by Gasteiger charge is 1.93. The first kappa shape index (κ1) is 7.60. The molecule has 0 atom stereocenters. The van der Waals surface area contributed by atoms with Crippen LogP contribution in [0.25, 0.3) is 6.08 Å². The number of hydrogen-bond acceptors (Lipinski definition) is 2. The monoisotopic (exact) mass is 152 g/mol. The van der Waals surface area contributed by atoms with E-state index in [2.05, 4.69) is 0 Å². The molecule has 0 saturated heterocycles. The molecule has 1 rings (SSSR count). The molecule has 0 unspecified atom stereocenters. The van der Waals surface area contributed by atoms with Crippen LogP contribution >= 0.6 is 0 Å². The zero-order chi connectivity index (χ0) is 8.27. The van der Waals surface area contributed by atoms with E-state index in [4.69, 9.17) is 9.52 Å². The molecule has 0 radical (unpaired) electrons. The largest absolute Gasteiger partial charge is 0.478 e. The molecule has 11 heavy (non-hydrogen) atoms. The van der Waals surface area contributed by atoms with E-state index in [1.807, 2.05) is 6.92 Å². The molecule has 0 fully saturated rings. The number of rotatable bonds is 2. The lowest BCUT2D eigenvalue weighted by atomic mass is 10.3. The number of carboxylic acids is 1. The lowest BCUT2D eigenvalue weighted by molar-refractivity contribution is -0.131. The molecule has 0 amide bonds. The Balaban J connectivity index is 2.71. The Hall–Kier alpha value is -1.51. The molecule has 1 aromatic heterocycles. The Labute approximate surface area is 64.0 Å². The Morgan fingerprint density at radius 1 is 1.73 bits per heavy atom. The van der Waals surface area contributed by atoms with Crippen LogP contribution in [0.4, 0.5) is 0 Å².